The van der Waals surface area contributed by atoms with E-state index in [0.29, 0.717) is 24.7 Å². The van der Waals surface area contributed by atoms with E-state index in [4.69, 9.17) is 0 Å². The number of aromatic nitrogens is 2. The number of nitrogens with one attached hydrogen (secondary N) is 1. The van der Waals surface area contributed by atoms with Crippen LogP contribution in [0.2, 0.25) is 0 Å². The van der Waals surface area contributed by atoms with Gasteiger partial charge in [-0.1, -0.05) is 48.5 Å². The van der Waals surface area contributed by atoms with E-state index in [-0.39, 0.29) is 5.91 Å². The summed E-state index contributed by atoms with van der Waals surface area (Å²) in [5.74, 6) is 0.313. The van der Waals surface area contributed by atoms with Crippen molar-refractivity contribution in [3.05, 3.63) is 83.7 Å². The molecule has 1 aromatic heterocycles. The number of anilines is 2. The van der Waals surface area contributed by atoms with Crippen LogP contribution in [0.15, 0.2) is 66.9 Å². The summed E-state index contributed by atoms with van der Waals surface area (Å²) < 4.78 is 0. The average Bonchev–Trinajstić information content (AvgIpc) is 2.68. The Morgan fingerprint density at radius 3 is 2.50 bits per heavy atom. The first-order valence-electron chi connectivity index (χ1n) is 8.66. The van der Waals surface area contributed by atoms with Gasteiger partial charge in [0.2, 0.25) is 5.95 Å². The first-order chi connectivity index (χ1) is 12.7. The van der Waals surface area contributed by atoms with E-state index in [1.54, 1.807) is 17.2 Å². The number of para-hydroxylation sites is 1. The number of hydrogen-bond acceptors (Lipinski definition) is 4. The second-order valence-corrected chi connectivity index (χ2v) is 6.01. The Kier molecular flexibility index (Phi) is 5.59. The van der Waals surface area contributed by atoms with Gasteiger partial charge in [-0.3, -0.25) is 4.79 Å². The quantitative estimate of drug-likeness (QED) is 0.727. The van der Waals surface area contributed by atoms with E-state index in [0.717, 1.165) is 16.8 Å². The number of amides is 1. The number of aryl methyl sites for hydroxylation is 1. The monoisotopic (exact) mass is 346 g/mol. The van der Waals surface area contributed by atoms with E-state index < -0.39 is 0 Å². The van der Waals surface area contributed by atoms with Crippen LogP contribution in [-0.2, 0) is 6.54 Å². The predicted octanol–water partition coefficient (Wildman–Crippen LogP) is 4.19. The SMILES string of the molecule is CCN(Cc1ccccc1)C(=O)c1ccnc(Nc2ccccc2C)n1. The third kappa shape index (κ3) is 4.25. The maximum Gasteiger partial charge on any atom is 0.272 e. The molecule has 2 aromatic carbocycles. The third-order valence-electron chi connectivity index (χ3n) is 4.15. The molecular weight excluding hydrogens is 324 g/mol. The Bertz CT molecular complexity index is 880. The average molecular weight is 346 g/mol. The van der Waals surface area contributed by atoms with Crippen LogP contribution in [0.1, 0.15) is 28.5 Å². The Labute approximate surface area is 153 Å². The lowest BCUT2D eigenvalue weighted by Crippen LogP contribution is -2.31. The zero-order valence-corrected chi connectivity index (χ0v) is 15.0. The highest BCUT2D eigenvalue weighted by molar-refractivity contribution is 5.92. The van der Waals surface area contributed by atoms with Crippen molar-refractivity contribution in [1.82, 2.24) is 14.9 Å². The minimum absolute atomic E-state index is 0.105. The summed E-state index contributed by atoms with van der Waals surface area (Å²) in [7, 11) is 0. The number of benzene rings is 2. The molecule has 1 N–H and O–H groups in total. The molecule has 1 heterocycles. The molecule has 132 valence electrons. The van der Waals surface area contributed by atoms with Crippen LogP contribution in [0.5, 0.6) is 0 Å². The summed E-state index contributed by atoms with van der Waals surface area (Å²) >= 11 is 0. The van der Waals surface area contributed by atoms with Crippen molar-refractivity contribution >= 4 is 17.5 Å². The molecule has 26 heavy (non-hydrogen) atoms. The van der Waals surface area contributed by atoms with Crippen molar-refractivity contribution in [1.29, 1.82) is 0 Å². The van der Waals surface area contributed by atoms with Gasteiger partial charge in [0.05, 0.1) is 0 Å². The lowest BCUT2D eigenvalue weighted by molar-refractivity contribution is 0.0746. The van der Waals surface area contributed by atoms with Crippen LogP contribution < -0.4 is 5.32 Å². The van der Waals surface area contributed by atoms with Gasteiger partial charge in [-0.15, -0.1) is 0 Å². The lowest BCUT2D eigenvalue weighted by Gasteiger charge is -2.20. The third-order valence-corrected chi connectivity index (χ3v) is 4.15. The number of nitrogens with zero attached hydrogens (tertiary/aromatic N) is 3. The Balaban J connectivity index is 1.77. The Morgan fingerprint density at radius 2 is 1.77 bits per heavy atom. The predicted molar refractivity (Wildman–Crippen MR) is 103 cm³/mol. The minimum Gasteiger partial charge on any atom is -0.333 e. The van der Waals surface area contributed by atoms with Crippen LogP contribution in [0, 0.1) is 6.92 Å². The molecule has 0 bridgehead atoms. The molecule has 0 fully saturated rings. The van der Waals surface area contributed by atoms with E-state index >= 15 is 0 Å². The summed E-state index contributed by atoms with van der Waals surface area (Å²) in [5, 5.41) is 3.18. The first-order valence-corrected chi connectivity index (χ1v) is 8.66. The largest absolute Gasteiger partial charge is 0.333 e. The Hall–Kier alpha value is -3.21. The molecule has 0 unspecified atom stereocenters. The molecule has 3 aromatic rings. The summed E-state index contributed by atoms with van der Waals surface area (Å²) in [5.41, 5.74) is 3.49. The molecule has 0 saturated heterocycles. The van der Waals surface area contributed by atoms with Gasteiger partial charge >= 0.3 is 0 Å². The topological polar surface area (TPSA) is 58.1 Å². The number of carbonyl (C=O) groups is 1. The second-order valence-electron chi connectivity index (χ2n) is 6.01. The summed E-state index contributed by atoms with van der Waals surface area (Å²) in [6, 6.07) is 19.5. The molecule has 1 amide bonds. The zero-order valence-electron chi connectivity index (χ0n) is 15.0. The van der Waals surface area contributed by atoms with Gasteiger partial charge in [0, 0.05) is 25.0 Å². The van der Waals surface area contributed by atoms with Gasteiger partial charge in [0.25, 0.3) is 5.91 Å². The lowest BCUT2D eigenvalue weighted by atomic mass is 10.2. The van der Waals surface area contributed by atoms with Gasteiger partial charge in [0.15, 0.2) is 0 Å². The van der Waals surface area contributed by atoms with Crippen molar-refractivity contribution in [2.45, 2.75) is 20.4 Å². The molecule has 0 saturated carbocycles. The molecule has 5 heteroatoms. The summed E-state index contributed by atoms with van der Waals surface area (Å²) in [4.78, 5) is 23.3. The molecule has 0 spiro atoms. The molecule has 0 aliphatic carbocycles. The molecule has 0 aliphatic heterocycles. The summed E-state index contributed by atoms with van der Waals surface area (Å²) in [6.45, 7) is 5.14. The van der Waals surface area contributed by atoms with Crippen molar-refractivity contribution in [3.63, 3.8) is 0 Å². The summed E-state index contributed by atoms with van der Waals surface area (Å²) in [6.07, 6.45) is 1.61. The molecule has 0 aliphatic rings. The van der Waals surface area contributed by atoms with E-state index in [1.807, 2.05) is 68.4 Å². The number of hydrogen-bond donors (Lipinski definition) is 1. The first kappa shape index (κ1) is 17.6. The fourth-order valence-corrected chi connectivity index (χ4v) is 2.66. The Morgan fingerprint density at radius 1 is 1.04 bits per heavy atom. The van der Waals surface area contributed by atoms with Gasteiger partial charge in [0.1, 0.15) is 5.69 Å². The van der Waals surface area contributed by atoms with Crippen LogP contribution in [0.4, 0.5) is 11.6 Å². The fraction of sp³-hybridized carbons (Fsp3) is 0.190. The van der Waals surface area contributed by atoms with Gasteiger partial charge < -0.3 is 10.2 Å². The highest BCUT2D eigenvalue weighted by Gasteiger charge is 2.17. The van der Waals surface area contributed by atoms with Crippen molar-refractivity contribution in [2.24, 2.45) is 0 Å². The van der Waals surface area contributed by atoms with Crippen LogP contribution >= 0.6 is 0 Å². The standard InChI is InChI=1S/C21H22N4O/c1-3-25(15-17-10-5-4-6-11-17)20(26)19-13-14-22-21(24-19)23-18-12-8-7-9-16(18)2/h4-14H,3,15H2,1-2H3,(H,22,23,24). The molecule has 0 atom stereocenters. The molecule has 0 radical (unpaired) electrons. The fourth-order valence-electron chi connectivity index (χ4n) is 2.66. The minimum atomic E-state index is -0.105. The van der Waals surface area contributed by atoms with Crippen molar-refractivity contribution in [3.8, 4) is 0 Å². The van der Waals surface area contributed by atoms with Crippen molar-refractivity contribution < 1.29 is 4.79 Å². The number of rotatable bonds is 6. The van der Waals surface area contributed by atoms with Crippen LogP contribution in [-0.4, -0.2) is 27.3 Å². The van der Waals surface area contributed by atoms with Gasteiger partial charge in [-0.25, -0.2) is 9.97 Å². The normalized spacial score (nSPS) is 10.4. The highest BCUT2D eigenvalue weighted by Crippen LogP contribution is 2.17. The van der Waals surface area contributed by atoms with E-state index in [9.17, 15) is 4.79 Å². The molecule has 5 nitrogen and oxygen atoms in total. The smallest absolute Gasteiger partial charge is 0.272 e. The highest BCUT2D eigenvalue weighted by atomic mass is 16.2. The maximum absolute atomic E-state index is 12.9. The second kappa shape index (κ2) is 8.25. The van der Waals surface area contributed by atoms with Crippen molar-refractivity contribution in [2.75, 3.05) is 11.9 Å². The van der Waals surface area contributed by atoms with E-state index in [1.165, 1.54) is 0 Å². The molecular formula is C21H22N4O. The maximum atomic E-state index is 12.9. The zero-order chi connectivity index (χ0) is 18.4. The van der Waals surface area contributed by atoms with Gasteiger partial charge in [-0.2, -0.15) is 0 Å². The number of carbonyl (C=O) groups excluding carboxylic acids is 1. The molecule has 3 rings (SSSR count). The van der Waals surface area contributed by atoms with Crippen LogP contribution in [0.25, 0.3) is 0 Å². The van der Waals surface area contributed by atoms with E-state index in [2.05, 4.69) is 15.3 Å². The van der Waals surface area contributed by atoms with Crippen LogP contribution in [0.3, 0.4) is 0 Å². The van der Waals surface area contributed by atoms with Gasteiger partial charge in [-0.05, 0) is 37.1 Å².